The maximum absolute atomic E-state index is 11.7. The molecule has 0 radical (unpaired) electrons. The monoisotopic (exact) mass is 269 g/mol. The number of likely N-dealkylation sites (tertiary alicyclic amines) is 1. The van der Waals surface area contributed by atoms with Gasteiger partial charge in [-0.2, -0.15) is 0 Å². The number of thiophene rings is 1. The molecule has 0 spiro atoms. The van der Waals surface area contributed by atoms with Crippen molar-refractivity contribution in [1.82, 2.24) is 10.2 Å². The van der Waals surface area contributed by atoms with Crippen molar-refractivity contribution in [2.24, 2.45) is 0 Å². The molecule has 0 atom stereocenters. The fourth-order valence-corrected chi connectivity index (χ4v) is 2.72. The minimum atomic E-state index is -0.399. The molecule has 18 heavy (non-hydrogen) atoms. The molecule has 1 amide bonds. The van der Waals surface area contributed by atoms with Crippen molar-refractivity contribution in [3.63, 3.8) is 0 Å². The molecule has 0 saturated carbocycles. The number of hydrogen-bond donors (Lipinski definition) is 1. The molecular weight excluding hydrogens is 254 g/mol. The average molecular weight is 269 g/mol. The second kappa shape index (κ2) is 5.92. The van der Waals surface area contributed by atoms with E-state index in [1.165, 1.54) is 6.07 Å². The Bertz CT molecular complexity index is 440. The Morgan fingerprint density at radius 1 is 1.44 bits per heavy atom. The van der Waals surface area contributed by atoms with E-state index in [-0.39, 0.29) is 10.9 Å². The van der Waals surface area contributed by atoms with Gasteiger partial charge in [0.1, 0.15) is 0 Å². The molecule has 1 aliphatic rings. The zero-order valence-corrected chi connectivity index (χ0v) is 10.7. The van der Waals surface area contributed by atoms with Crippen LogP contribution in [-0.4, -0.2) is 35.4 Å². The van der Waals surface area contributed by atoms with E-state index >= 15 is 0 Å². The van der Waals surface area contributed by atoms with Gasteiger partial charge in [-0.1, -0.05) is 11.3 Å². The van der Waals surface area contributed by atoms with Crippen LogP contribution in [0.25, 0.3) is 0 Å². The zero-order chi connectivity index (χ0) is 13.0. The molecule has 1 aromatic rings. The molecule has 98 valence electrons. The van der Waals surface area contributed by atoms with Crippen LogP contribution in [0.4, 0.5) is 5.00 Å². The first-order chi connectivity index (χ1) is 8.66. The Labute approximate surface area is 109 Å². The lowest BCUT2D eigenvalue weighted by atomic mass is 10.4. The number of nitro groups is 1. The molecule has 1 N–H and O–H groups in total. The maximum Gasteiger partial charge on any atom is 0.324 e. The van der Waals surface area contributed by atoms with E-state index in [1.807, 2.05) is 4.90 Å². The van der Waals surface area contributed by atoms with Crippen LogP contribution in [0.5, 0.6) is 0 Å². The van der Waals surface area contributed by atoms with Crippen molar-refractivity contribution in [3.8, 4) is 0 Å². The third kappa shape index (κ3) is 3.27. The highest BCUT2D eigenvalue weighted by Crippen LogP contribution is 2.23. The Morgan fingerprint density at radius 2 is 2.17 bits per heavy atom. The summed E-state index contributed by atoms with van der Waals surface area (Å²) in [6.07, 6.45) is 2.17. The summed E-state index contributed by atoms with van der Waals surface area (Å²) in [5.41, 5.74) is 0. The van der Waals surface area contributed by atoms with E-state index in [9.17, 15) is 14.9 Å². The lowest BCUT2D eigenvalue weighted by Gasteiger charge is -2.15. The van der Waals surface area contributed by atoms with Crippen molar-refractivity contribution in [2.45, 2.75) is 19.4 Å². The number of amides is 1. The van der Waals surface area contributed by atoms with Crippen molar-refractivity contribution >= 4 is 22.2 Å². The van der Waals surface area contributed by atoms with Crippen LogP contribution in [-0.2, 0) is 11.3 Å². The van der Waals surface area contributed by atoms with Crippen molar-refractivity contribution in [1.29, 1.82) is 0 Å². The predicted octanol–water partition coefficient (Wildman–Crippen LogP) is 1.37. The number of carbonyl (C=O) groups is 1. The Morgan fingerprint density at radius 3 is 2.78 bits per heavy atom. The molecule has 7 heteroatoms. The van der Waals surface area contributed by atoms with E-state index in [4.69, 9.17) is 0 Å². The van der Waals surface area contributed by atoms with Crippen LogP contribution in [0.3, 0.4) is 0 Å². The molecule has 2 heterocycles. The first kappa shape index (κ1) is 13.0. The van der Waals surface area contributed by atoms with E-state index in [1.54, 1.807) is 6.07 Å². The first-order valence-electron chi connectivity index (χ1n) is 5.88. The standard InChI is InChI=1S/C11H15N3O3S/c15-10(13-5-1-2-6-13)8-12-7-9-3-4-11(18-9)14(16)17/h3-4,12H,1-2,5-8H2. The summed E-state index contributed by atoms with van der Waals surface area (Å²) < 4.78 is 0. The number of carbonyl (C=O) groups excluding carboxylic acids is 1. The molecule has 1 aromatic heterocycles. The van der Waals surface area contributed by atoms with Gasteiger partial charge in [-0.15, -0.1) is 0 Å². The smallest absolute Gasteiger partial charge is 0.324 e. The summed E-state index contributed by atoms with van der Waals surface area (Å²) in [6.45, 7) is 2.50. The van der Waals surface area contributed by atoms with Crippen molar-refractivity contribution in [2.75, 3.05) is 19.6 Å². The maximum atomic E-state index is 11.7. The zero-order valence-electron chi connectivity index (χ0n) is 9.92. The van der Waals surface area contributed by atoms with Gasteiger partial charge in [-0.3, -0.25) is 14.9 Å². The normalized spacial score (nSPS) is 15.0. The van der Waals surface area contributed by atoms with Crippen LogP contribution < -0.4 is 5.32 Å². The quantitative estimate of drug-likeness (QED) is 0.647. The minimum Gasteiger partial charge on any atom is -0.342 e. The van der Waals surface area contributed by atoms with Crippen LogP contribution in [0, 0.1) is 10.1 Å². The van der Waals surface area contributed by atoms with Gasteiger partial charge in [0, 0.05) is 30.6 Å². The van der Waals surface area contributed by atoms with Gasteiger partial charge in [0.2, 0.25) is 5.91 Å². The third-order valence-electron chi connectivity index (χ3n) is 2.86. The van der Waals surface area contributed by atoms with Gasteiger partial charge in [-0.25, -0.2) is 0 Å². The predicted molar refractivity (Wildman–Crippen MR) is 68.5 cm³/mol. The fraction of sp³-hybridized carbons (Fsp3) is 0.545. The molecule has 6 nitrogen and oxygen atoms in total. The summed E-state index contributed by atoms with van der Waals surface area (Å²) in [6, 6.07) is 3.21. The van der Waals surface area contributed by atoms with Crippen molar-refractivity contribution < 1.29 is 9.72 Å². The Hall–Kier alpha value is -1.47. The van der Waals surface area contributed by atoms with E-state index in [0.29, 0.717) is 13.1 Å². The third-order valence-corrected chi connectivity index (χ3v) is 3.90. The highest BCUT2D eigenvalue weighted by Gasteiger charge is 2.17. The first-order valence-corrected chi connectivity index (χ1v) is 6.70. The topological polar surface area (TPSA) is 75.5 Å². The second-order valence-corrected chi connectivity index (χ2v) is 5.34. The lowest BCUT2D eigenvalue weighted by Crippen LogP contribution is -2.35. The fourth-order valence-electron chi connectivity index (χ4n) is 1.93. The molecule has 0 aromatic carbocycles. The van der Waals surface area contributed by atoms with E-state index in [0.717, 1.165) is 42.1 Å². The average Bonchev–Trinajstić information content (AvgIpc) is 3.00. The summed E-state index contributed by atoms with van der Waals surface area (Å²) in [7, 11) is 0. The molecule has 0 unspecified atom stereocenters. The summed E-state index contributed by atoms with van der Waals surface area (Å²) >= 11 is 1.14. The molecule has 1 aliphatic heterocycles. The Kier molecular flexibility index (Phi) is 4.27. The molecular formula is C11H15N3O3S. The lowest BCUT2D eigenvalue weighted by molar-refractivity contribution is -0.380. The number of hydrogen-bond acceptors (Lipinski definition) is 5. The summed E-state index contributed by atoms with van der Waals surface area (Å²) in [5, 5.41) is 13.7. The highest BCUT2D eigenvalue weighted by atomic mass is 32.1. The van der Waals surface area contributed by atoms with Crippen LogP contribution in [0.2, 0.25) is 0 Å². The Balaban J connectivity index is 1.74. The van der Waals surface area contributed by atoms with Gasteiger partial charge < -0.3 is 10.2 Å². The van der Waals surface area contributed by atoms with Gasteiger partial charge in [0.15, 0.2) is 0 Å². The largest absolute Gasteiger partial charge is 0.342 e. The number of rotatable bonds is 5. The van der Waals surface area contributed by atoms with Crippen LogP contribution in [0.1, 0.15) is 17.7 Å². The van der Waals surface area contributed by atoms with E-state index < -0.39 is 4.92 Å². The molecule has 0 bridgehead atoms. The van der Waals surface area contributed by atoms with Crippen LogP contribution >= 0.6 is 11.3 Å². The molecule has 1 fully saturated rings. The van der Waals surface area contributed by atoms with Gasteiger partial charge in [-0.05, 0) is 18.9 Å². The molecule has 1 saturated heterocycles. The van der Waals surface area contributed by atoms with Gasteiger partial charge in [0.05, 0.1) is 11.5 Å². The van der Waals surface area contributed by atoms with Gasteiger partial charge in [0.25, 0.3) is 0 Å². The second-order valence-electron chi connectivity index (χ2n) is 4.19. The minimum absolute atomic E-state index is 0.110. The SMILES string of the molecule is O=C(CNCc1ccc([N+](=O)[O-])s1)N1CCCC1. The van der Waals surface area contributed by atoms with Crippen LogP contribution in [0.15, 0.2) is 12.1 Å². The number of nitrogens with one attached hydrogen (secondary N) is 1. The van der Waals surface area contributed by atoms with E-state index in [2.05, 4.69) is 5.32 Å². The molecule has 0 aliphatic carbocycles. The number of nitrogens with zero attached hydrogens (tertiary/aromatic N) is 2. The van der Waals surface area contributed by atoms with Gasteiger partial charge >= 0.3 is 5.00 Å². The molecule has 2 rings (SSSR count). The van der Waals surface area contributed by atoms with Crippen molar-refractivity contribution in [3.05, 3.63) is 27.1 Å². The summed E-state index contributed by atoms with van der Waals surface area (Å²) in [5.74, 6) is 0.110. The highest BCUT2D eigenvalue weighted by molar-refractivity contribution is 7.15. The summed E-state index contributed by atoms with van der Waals surface area (Å²) in [4.78, 5) is 24.5.